The molecule has 0 bridgehead atoms. The van der Waals surface area contributed by atoms with Crippen LogP contribution in [0.4, 0.5) is 4.79 Å². The number of nitrogens with one attached hydrogen (secondary N) is 2. The minimum absolute atomic E-state index is 0. The van der Waals surface area contributed by atoms with Crippen LogP contribution in [0.25, 0.3) is 0 Å². The Bertz CT molecular complexity index is 736. The number of methoxy groups -OCH3 is 1. The molecule has 9 heteroatoms. The number of ether oxygens (including phenoxy) is 2. The predicted molar refractivity (Wildman–Crippen MR) is 136 cm³/mol. The molecule has 0 saturated carbocycles. The van der Waals surface area contributed by atoms with Crippen LogP contribution in [0, 0.1) is 0 Å². The highest BCUT2D eigenvalue weighted by Crippen LogP contribution is 2.22. The summed E-state index contributed by atoms with van der Waals surface area (Å²) in [6, 6.07) is 8.33. The van der Waals surface area contributed by atoms with Crippen molar-refractivity contribution >= 4 is 36.0 Å². The molecule has 1 aliphatic heterocycles. The van der Waals surface area contributed by atoms with Gasteiger partial charge < -0.3 is 29.9 Å². The SMILES string of the molecule is CN=C(NCC(c1cccc(OC)c1)N(C)C)N1CCC(NC(=O)OC(C)(C)C)C1.I. The van der Waals surface area contributed by atoms with Gasteiger partial charge in [-0.3, -0.25) is 4.99 Å². The number of guanidine groups is 1. The van der Waals surface area contributed by atoms with Crippen molar-refractivity contribution in [3.05, 3.63) is 29.8 Å². The first-order chi connectivity index (χ1) is 14.1. The van der Waals surface area contributed by atoms with E-state index < -0.39 is 5.60 Å². The molecule has 31 heavy (non-hydrogen) atoms. The molecule has 1 amide bonds. The standard InChI is InChI=1S/C22H37N5O3.HI/c1-22(2,3)30-21(28)25-17-11-12-27(15-17)20(23-4)24-14-19(26(5)6)16-9-8-10-18(13-16)29-7;/h8-10,13,17,19H,11-12,14-15H2,1-7H3,(H,23,24)(H,25,28);1H. The van der Waals surface area contributed by atoms with Crippen molar-refractivity contribution in [2.45, 2.75) is 44.9 Å². The topological polar surface area (TPSA) is 78.4 Å². The molecule has 1 fully saturated rings. The van der Waals surface area contributed by atoms with E-state index in [0.717, 1.165) is 24.7 Å². The lowest BCUT2D eigenvalue weighted by molar-refractivity contribution is 0.0507. The molecular weight excluding hydrogens is 509 g/mol. The molecule has 0 radical (unpaired) electrons. The molecular formula is C22H38IN5O3. The third-order valence-corrected chi connectivity index (χ3v) is 4.98. The number of aliphatic imine (C=N–C) groups is 1. The summed E-state index contributed by atoms with van der Waals surface area (Å²) >= 11 is 0. The number of hydrogen-bond acceptors (Lipinski definition) is 5. The van der Waals surface area contributed by atoms with E-state index in [-0.39, 0.29) is 42.2 Å². The van der Waals surface area contributed by atoms with Crippen LogP contribution < -0.4 is 15.4 Å². The van der Waals surface area contributed by atoms with Gasteiger partial charge in [-0.05, 0) is 59.0 Å². The monoisotopic (exact) mass is 547 g/mol. The van der Waals surface area contributed by atoms with Gasteiger partial charge in [0.1, 0.15) is 11.4 Å². The van der Waals surface area contributed by atoms with Crippen molar-refractivity contribution in [3.63, 3.8) is 0 Å². The van der Waals surface area contributed by atoms with E-state index in [1.54, 1.807) is 14.2 Å². The number of amides is 1. The Kier molecular flexibility index (Phi) is 10.9. The lowest BCUT2D eigenvalue weighted by Crippen LogP contribution is -2.45. The smallest absolute Gasteiger partial charge is 0.407 e. The van der Waals surface area contributed by atoms with Crippen LogP contribution >= 0.6 is 24.0 Å². The van der Waals surface area contributed by atoms with E-state index in [1.165, 1.54) is 5.56 Å². The van der Waals surface area contributed by atoms with Crippen LogP contribution in [0.15, 0.2) is 29.3 Å². The second-order valence-electron chi connectivity index (χ2n) is 8.76. The predicted octanol–water partition coefficient (Wildman–Crippen LogP) is 3.09. The van der Waals surface area contributed by atoms with E-state index in [1.807, 2.05) is 32.9 Å². The zero-order valence-corrected chi connectivity index (χ0v) is 22.1. The van der Waals surface area contributed by atoms with Crippen molar-refractivity contribution in [1.29, 1.82) is 0 Å². The number of likely N-dealkylation sites (tertiary alicyclic amines) is 1. The van der Waals surface area contributed by atoms with Crippen molar-refractivity contribution < 1.29 is 14.3 Å². The average Bonchev–Trinajstić information content (AvgIpc) is 3.11. The summed E-state index contributed by atoms with van der Waals surface area (Å²) in [5.41, 5.74) is 0.676. The van der Waals surface area contributed by atoms with Gasteiger partial charge in [0.2, 0.25) is 0 Å². The van der Waals surface area contributed by atoms with Gasteiger partial charge in [0, 0.05) is 26.7 Å². The number of nitrogens with zero attached hydrogens (tertiary/aromatic N) is 3. The number of halogens is 1. The number of carbonyl (C=O) groups excluding carboxylic acids is 1. The first kappa shape index (κ1) is 27.3. The van der Waals surface area contributed by atoms with Crippen molar-refractivity contribution in [2.24, 2.45) is 4.99 Å². The number of hydrogen-bond donors (Lipinski definition) is 2. The maximum Gasteiger partial charge on any atom is 0.407 e. The Morgan fingerprint density at radius 1 is 1.35 bits per heavy atom. The lowest BCUT2D eigenvalue weighted by Gasteiger charge is -2.28. The molecule has 0 aliphatic carbocycles. The zero-order valence-electron chi connectivity index (χ0n) is 19.8. The van der Waals surface area contributed by atoms with Gasteiger partial charge in [0.05, 0.1) is 19.2 Å². The van der Waals surface area contributed by atoms with Crippen LogP contribution in [0.2, 0.25) is 0 Å². The number of alkyl carbamates (subject to hydrolysis) is 1. The number of carbonyl (C=O) groups is 1. The number of likely N-dealkylation sites (N-methyl/N-ethyl adjacent to an activating group) is 1. The van der Waals surface area contributed by atoms with Crippen LogP contribution in [0.1, 0.15) is 38.8 Å². The van der Waals surface area contributed by atoms with E-state index in [2.05, 4.69) is 51.7 Å². The summed E-state index contributed by atoms with van der Waals surface area (Å²) in [6.45, 7) is 7.82. The molecule has 2 atom stereocenters. The summed E-state index contributed by atoms with van der Waals surface area (Å²) < 4.78 is 10.7. The van der Waals surface area contributed by atoms with Gasteiger partial charge in [0.25, 0.3) is 0 Å². The molecule has 8 nitrogen and oxygen atoms in total. The summed E-state index contributed by atoms with van der Waals surface area (Å²) in [5, 5.41) is 6.45. The van der Waals surface area contributed by atoms with Gasteiger partial charge in [0.15, 0.2) is 5.96 Å². The molecule has 1 heterocycles. The summed E-state index contributed by atoms with van der Waals surface area (Å²) in [4.78, 5) is 20.8. The Balaban J connectivity index is 0.00000480. The maximum absolute atomic E-state index is 12.0. The van der Waals surface area contributed by atoms with Gasteiger partial charge in [-0.25, -0.2) is 4.79 Å². The largest absolute Gasteiger partial charge is 0.497 e. The van der Waals surface area contributed by atoms with Crippen molar-refractivity contribution in [1.82, 2.24) is 20.4 Å². The quantitative estimate of drug-likeness (QED) is 0.324. The lowest BCUT2D eigenvalue weighted by atomic mass is 10.1. The van der Waals surface area contributed by atoms with Gasteiger partial charge in [-0.2, -0.15) is 0 Å². The summed E-state index contributed by atoms with van der Waals surface area (Å²) in [5.74, 6) is 1.68. The van der Waals surface area contributed by atoms with Crippen LogP contribution in [-0.4, -0.2) is 81.4 Å². The van der Waals surface area contributed by atoms with E-state index in [9.17, 15) is 4.79 Å². The molecule has 2 N–H and O–H groups in total. The molecule has 0 spiro atoms. The van der Waals surface area contributed by atoms with E-state index >= 15 is 0 Å². The fourth-order valence-corrected chi connectivity index (χ4v) is 3.51. The van der Waals surface area contributed by atoms with E-state index in [4.69, 9.17) is 9.47 Å². The third-order valence-electron chi connectivity index (χ3n) is 4.98. The number of rotatable bonds is 6. The Morgan fingerprint density at radius 2 is 2.06 bits per heavy atom. The first-order valence-corrected chi connectivity index (χ1v) is 10.4. The minimum Gasteiger partial charge on any atom is -0.497 e. The Labute approximate surface area is 203 Å². The first-order valence-electron chi connectivity index (χ1n) is 10.4. The van der Waals surface area contributed by atoms with Gasteiger partial charge >= 0.3 is 6.09 Å². The molecule has 1 saturated heterocycles. The normalized spacial score (nSPS) is 17.7. The Morgan fingerprint density at radius 3 is 2.65 bits per heavy atom. The van der Waals surface area contributed by atoms with Crippen molar-refractivity contribution in [3.8, 4) is 5.75 Å². The summed E-state index contributed by atoms with van der Waals surface area (Å²) in [7, 11) is 7.59. The molecule has 1 aliphatic rings. The summed E-state index contributed by atoms with van der Waals surface area (Å²) in [6.07, 6.45) is 0.482. The maximum atomic E-state index is 12.0. The molecule has 2 rings (SSSR count). The van der Waals surface area contributed by atoms with Gasteiger partial charge in [-0.15, -0.1) is 24.0 Å². The fourth-order valence-electron chi connectivity index (χ4n) is 3.51. The second kappa shape index (κ2) is 12.3. The average molecular weight is 547 g/mol. The highest BCUT2D eigenvalue weighted by Gasteiger charge is 2.28. The van der Waals surface area contributed by atoms with Crippen LogP contribution in [-0.2, 0) is 4.74 Å². The fraction of sp³-hybridized carbons (Fsp3) is 0.636. The zero-order chi connectivity index (χ0) is 22.3. The number of benzene rings is 1. The molecule has 1 aromatic rings. The molecule has 0 aromatic heterocycles. The van der Waals surface area contributed by atoms with Crippen molar-refractivity contribution in [2.75, 3.05) is 47.9 Å². The highest BCUT2D eigenvalue weighted by molar-refractivity contribution is 14.0. The second-order valence-corrected chi connectivity index (χ2v) is 8.76. The minimum atomic E-state index is -0.499. The molecule has 2 unspecified atom stereocenters. The van der Waals surface area contributed by atoms with Crippen LogP contribution in [0.3, 0.4) is 0 Å². The highest BCUT2D eigenvalue weighted by atomic mass is 127. The van der Waals surface area contributed by atoms with Crippen LogP contribution in [0.5, 0.6) is 5.75 Å². The third kappa shape index (κ3) is 8.72. The van der Waals surface area contributed by atoms with Gasteiger partial charge in [-0.1, -0.05) is 12.1 Å². The Hall–Kier alpha value is -1.75. The molecule has 1 aromatic carbocycles. The molecule has 176 valence electrons. The van der Waals surface area contributed by atoms with E-state index in [0.29, 0.717) is 13.1 Å².